The van der Waals surface area contributed by atoms with E-state index < -0.39 is 0 Å². The van der Waals surface area contributed by atoms with Crippen molar-refractivity contribution in [1.29, 1.82) is 0 Å². The fraction of sp³-hybridized carbons (Fsp3) is 0.273. The first kappa shape index (κ1) is 12.5. The number of rotatable bonds is 4. The molecule has 0 fully saturated rings. The summed E-state index contributed by atoms with van der Waals surface area (Å²) < 4.78 is 15.9. The van der Waals surface area contributed by atoms with Crippen molar-refractivity contribution in [3.05, 3.63) is 45.9 Å². The summed E-state index contributed by atoms with van der Waals surface area (Å²) in [7, 11) is 0. The molecule has 0 saturated heterocycles. The summed E-state index contributed by atoms with van der Waals surface area (Å²) in [6.07, 6.45) is 2.45. The lowest BCUT2D eigenvalue weighted by molar-refractivity contribution is 0.576. The Morgan fingerprint density at radius 1 is 1.41 bits per heavy atom. The molecule has 1 aromatic carbocycles. The van der Waals surface area contributed by atoms with Gasteiger partial charge in [0, 0.05) is 28.5 Å². The maximum absolute atomic E-state index is 13.6. The molecule has 0 spiro atoms. The Hall–Kier alpha value is -0.940. The van der Waals surface area contributed by atoms with Crippen LogP contribution < -0.4 is 0 Å². The van der Waals surface area contributed by atoms with E-state index in [2.05, 4.69) is 26.2 Å². The fourth-order valence-corrected chi connectivity index (χ4v) is 1.98. The van der Waals surface area contributed by atoms with Gasteiger partial charge in [-0.15, -0.1) is 16.7 Å². The molecule has 0 radical (unpaired) electrons. The molecule has 1 heterocycles. The topological polar surface area (TPSA) is 30.7 Å². The van der Waals surface area contributed by atoms with Gasteiger partial charge in [0.15, 0.2) is 0 Å². The van der Waals surface area contributed by atoms with Crippen LogP contribution >= 0.6 is 27.5 Å². The van der Waals surface area contributed by atoms with Gasteiger partial charge in [-0.05, 0) is 12.1 Å². The number of alkyl halides is 1. The maximum Gasteiger partial charge on any atom is 0.129 e. The molecule has 17 heavy (non-hydrogen) atoms. The summed E-state index contributed by atoms with van der Waals surface area (Å²) in [6.45, 7) is 0.369. The molecule has 0 atom stereocenters. The lowest BCUT2D eigenvalue weighted by Gasteiger charge is -2.02. The SMILES string of the molecule is Fc1cc(Br)ccc1Cn1cc(CCCl)nn1. The summed E-state index contributed by atoms with van der Waals surface area (Å²) in [6, 6.07) is 4.96. The van der Waals surface area contributed by atoms with E-state index in [9.17, 15) is 4.39 Å². The fourth-order valence-electron chi connectivity index (χ4n) is 1.45. The minimum atomic E-state index is -0.256. The average molecular weight is 319 g/mol. The highest BCUT2D eigenvalue weighted by Gasteiger charge is 2.05. The Kier molecular flexibility index (Phi) is 4.12. The molecule has 2 aromatic rings. The predicted molar refractivity (Wildman–Crippen MR) is 67.6 cm³/mol. The van der Waals surface area contributed by atoms with E-state index in [1.807, 2.05) is 0 Å². The number of nitrogens with zero attached hydrogens (tertiary/aromatic N) is 3. The minimum Gasteiger partial charge on any atom is -0.248 e. The highest BCUT2D eigenvalue weighted by Crippen LogP contribution is 2.16. The zero-order valence-electron chi connectivity index (χ0n) is 8.91. The van der Waals surface area contributed by atoms with E-state index in [-0.39, 0.29) is 5.82 Å². The maximum atomic E-state index is 13.6. The number of aryl methyl sites for hydroxylation is 1. The lowest BCUT2D eigenvalue weighted by atomic mass is 10.2. The van der Waals surface area contributed by atoms with Gasteiger partial charge in [0.2, 0.25) is 0 Å². The summed E-state index contributed by atoms with van der Waals surface area (Å²) >= 11 is 8.82. The first-order chi connectivity index (χ1) is 8.19. The van der Waals surface area contributed by atoms with Crippen LogP contribution in [-0.4, -0.2) is 20.9 Å². The van der Waals surface area contributed by atoms with Crippen molar-refractivity contribution in [3.63, 3.8) is 0 Å². The highest BCUT2D eigenvalue weighted by atomic mass is 79.9. The summed E-state index contributed by atoms with van der Waals surface area (Å²) in [5.74, 6) is 0.250. The van der Waals surface area contributed by atoms with E-state index in [0.717, 1.165) is 10.2 Å². The second-order valence-corrected chi connectivity index (χ2v) is 4.88. The Morgan fingerprint density at radius 2 is 2.24 bits per heavy atom. The van der Waals surface area contributed by atoms with Crippen molar-refractivity contribution in [2.45, 2.75) is 13.0 Å². The van der Waals surface area contributed by atoms with Crippen molar-refractivity contribution in [2.24, 2.45) is 0 Å². The summed E-state index contributed by atoms with van der Waals surface area (Å²) in [5, 5.41) is 7.87. The van der Waals surface area contributed by atoms with Crippen LogP contribution in [-0.2, 0) is 13.0 Å². The van der Waals surface area contributed by atoms with Crippen LogP contribution in [0.5, 0.6) is 0 Å². The average Bonchev–Trinajstić information content (AvgIpc) is 2.71. The van der Waals surface area contributed by atoms with E-state index in [4.69, 9.17) is 11.6 Å². The van der Waals surface area contributed by atoms with E-state index >= 15 is 0 Å². The molecule has 0 N–H and O–H groups in total. The molecular formula is C11H10BrClFN3. The van der Waals surface area contributed by atoms with Crippen molar-refractivity contribution in [1.82, 2.24) is 15.0 Å². The molecule has 3 nitrogen and oxygen atoms in total. The van der Waals surface area contributed by atoms with Crippen LogP contribution in [0.15, 0.2) is 28.9 Å². The van der Waals surface area contributed by atoms with Crippen LogP contribution in [0.3, 0.4) is 0 Å². The van der Waals surface area contributed by atoms with Gasteiger partial charge in [-0.2, -0.15) is 0 Å². The van der Waals surface area contributed by atoms with Gasteiger partial charge in [0.05, 0.1) is 12.2 Å². The van der Waals surface area contributed by atoms with Crippen molar-refractivity contribution < 1.29 is 4.39 Å². The molecule has 1 aromatic heterocycles. The van der Waals surface area contributed by atoms with Gasteiger partial charge in [-0.25, -0.2) is 9.07 Å². The van der Waals surface area contributed by atoms with Crippen molar-refractivity contribution >= 4 is 27.5 Å². The number of aromatic nitrogens is 3. The van der Waals surface area contributed by atoms with Gasteiger partial charge in [-0.1, -0.05) is 27.2 Å². The second-order valence-electron chi connectivity index (χ2n) is 3.58. The van der Waals surface area contributed by atoms with Gasteiger partial charge >= 0.3 is 0 Å². The van der Waals surface area contributed by atoms with Crippen LogP contribution in [0.25, 0.3) is 0 Å². The zero-order chi connectivity index (χ0) is 12.3. The molecule has 0 bridgehead atoms. The third kappa shape index (κ3) is 3.26. The molecule has 0 saturated carbocycles. The van der Waals surface area contributed by atoms with Gasteiger partial charge < -0.3 is 0 Å². The predicted octanol–water partition coefficient (Wildman–Crippen LogP) is 3.01. The van der Waals surface area contributed by atoms with E-state index in [1.165, 1.54) is 6.07 Å². The van der Waals surface area contributed by atoms with Crippen molar-refractivity contribution in [2.75, 3.05) is 5.88 Å². The van der Waals surface area contributed by atoms with Gasteiger partial charge in [-0.3, -0.25) is 0 Å². The molecule has 90 valence electrons. The lowest BCUT2D eigenvalue weighted by Crippen LogP contribution is -2.02. The second kappa shape index (κ2) is 5.60. The molecule has 0 unspecified atom stereocenters. The van der Waals surface area contributed by atoms with Gasteiger partial charge in [0.1, 0.15) is 5.82 Å². The molecule has 0 aliphatic carbocycles. The van der Waals surface area contributed by atoms with Crippen molar-refractivity contribution in [3.8, 4) is 0 Å². The highest BCUT2D eigenvalue weighted by molar-refractivity contribution is 9.10. The standard InChI is InChI=1S/C11H10BrClFN3/c12-9-2-1-8(11(14)5-9)6-17-7-10(3-4-13)15-16-17/h1-2,5,7H,3-4,6H2. The molecule has 2 rings (SSSR count). The monoisotopic (exact) mass is 317 g/mol. The largest absolute Gasteiger partial charge is 0.248 e. The minimum absolute atomic E-state index is 0.256. The van der Waals surface area contributed by atoms with Gasteiger partial charge in [0.25, 0.3) is 0 Å². The quantitative estimate of drug-likeness (QED) is 0.811. The molecule has 0 aliphatic heterocycles. The Morgan fingerprint density at radius 3 is 2.94 bits per heavy atom. The summed E-state index contributed by atoms with van der Waals surface area (Å²) in [4.78, 5) is 0. The third-order valence-electron chi connectivity index (χ3n) is 2.28. The van der Waals surface area contributed by atoms with Crippen LogP contribution in [0, 0.1) is 5.82 Å². The first-order valence-electron chi connectivity index (χ1n) is 5.08. The first-order valence-corrected chi connectivity index (χ1v) is 6.40. The Bertz CT molecular complexity index is 515. The smallest absolute Gasteiger partial charge is 0.129 e. The number of benzene rings is 1. The van der Waals surface area contributed by atoms with Crippen LogP contribution in [0.4, 0.5) is 4.39 Å². The number of hydrogen-bond acceptors (Lipinski definition) is 2. The summed E-state index contributed by atoms with van der Waals surface area (Å²) in [5.41, 5.74) is 1.40. The zero-order valence-corrected chi connectivity index (χ0v) is 11.2. The Balaban J connectivity index is 2.13. The molecule has 0 amide bonds. The molecular weight excluding hydrogens is 308 g/mol. The molecule has 0 aliphatic rings. The van der Waals surface area contributed by atoms with Crippen LogP contribution in [0.1, 0.15) is 11.3 Å². The van der Waals surface area contributed by atoms with E-state index in [1.54, 1.807) is 23.0 Å². The van der Waals surface area contributed by atoms with E-state index in [0.29, 0.717) is 24.4 Å². The number of hydrogen-bond donors (Lipinski definition) is 0. The number of halogens is 3. The Labute approximate surface area is 112 Å². The van der Waals surface area contributed by atoms with Crippen LogP contribution in [0.2, 0.25) is 0 Å². The normalized spacial score (nSPS) is 10.8. The molecule has 6 heteroatoms. The third-order valence-corrected chi connectivity index (χ3v) is 2.97.